The van der Waals surface area contributed by atoms with Crippen LogP contribution in [0.2, 0.25) is 0 Å². The zero-order valence-corrected chi connectivity index (χ0v) is 67.1. The second kappa shape index (κ2) is 73.0. The number of carbonyl (C=O) groups excluding carboxylic acids is 1. The summed E-state index contributed by atoms with van der Waals surface area (Å²) in [5, 5.41) is 87.8. The summed E-state index contributed by atoms with van der Waals surface area (Å²) in [4.78, 5) is 13.4. The van der Waals surface area contributed by atoms with Crippen LogP contribution in [0.4, 0.5) is 0 Å². The minimum Gasteiger partial charge on any atom is -0.394 e. The van der Waals surface area contributed by atoms with Crippen molar-refractivity contribution in [1.29, 1.82) is 0 Å². The first kappa shape index (κ1) is 97.3. The summed E-state index contributed by atoms with van der Waals surface area (Å²) in [6.07, 6.45) is 81.3. The highest BCUT2D eigenvalue weighted by Gasteiger charge is 2.51. The predicted octanol–water partition coefficient (Wildman–Crippen LogP) is 21.5. The van der Waals surface area contributed by atoms with Crippen molar-refractivity contribution >= 4 is 5.91 Å². The lowest BCUT2D eigenvalue weighted by molar-refractivity contribution is -0.359. The van der Waals surface area contributed by atoms with E-state index in [1.54, 1.807) is 6.08 Å². The van der Waals surface area contributed by atoms with Crippen molar-refractivity contribution in [2.24, 2.45) is 0 Å². The Hall–Kier alpha value is -1.79. The van der Waals surface area contributed by atoms with Crippen molar-refractivity contribution in [3.05, 3.63) is 36.5 Å². The molecule has 2 heterocycles. The Balaban J connectivity index is 1.57. The number of aliphatic hydroxyl groups excluding tert-OH is 8. The molecule has 0 saturated carbocycles. The number of nitrogens with one attached hydrogen (secondary N) is 1. The molecule has 2 fully saturated rings. The van der Waals surface area contributed by atoms with Gasteiger partial charge in [0.2, 0.25) is 5.91 Å². The number of aliphatic hydroxyl groups is 8. The Kier molecular flexibility index (Phi) is 69.0. The van der Waals surface area contributed by atoms with E-state index in [2.05, 4.69) is 43.5 Å². The lowest BCUT2D eigenvalue weighted by Gasteiger charge is -2.46. The van der Waals surface area contributed by atoms with Gasteiger partial charge in [-0.3, -0.25) is 4.79 Å². The maximum atomic E-state index is 13.4. The van der Waals surface area contributed by atoms with Crippen LogP contribution in [-0.2, 0) is 23.7 Å². The van der Waals surface area contributed by atoms with E-state index in [4.69, 9.17) is 18.9 Å². The van der Waals surface area contributed by atoms with E-state index in [0.717, 1.165) is 32.1 Å². The van der Waals surface area contributed by atoms with Crippen LogP contribution in [0.1, 0.15) is 431 Å². The molecule has 12 atom stereocenters. The van der Waals surface area contributed by atoms with Crippen molar-refractivity contribution in [3.63, 3.8) is 0 Å². The van der Waals surface area contributed by atoms with Gasteiger partial charge in [0, 0.05) is 6.42 Å². The molecule has 0 aromatic rings. The summed E-state index contributed by atoms with van der Waals surface area (Å²) in [6.45, 7) is 2.86. The van der Waals surface area contributed by atoms with Gasteiger partial charge in [0.05, 0.1) is 32.0 Å². The van der Waals surface area contributed by atoms with Gasteiger partial charge in [0.25, 0.3) is 0 Å². The number of hydrogen-bond donors (Lipinski definition) is 9. The standard InChI is InChI=1S/C89H169NO13/c1-3-5-7-9-11-13-15-17-19-21-23-25-27-29-31-33-35-37-38-39-40-41-43-45-47-49-51-53-55-57-59-61-63-65-67-69-71-73-81(94)90-77(76-100-88-86(99)84(97)87(80(75-92)102-88)103-89-85(98)83(96)82(95)79(74-91)101-89)78(93)72-70-68-66-64-62-60-58-56-54-52-50-48-46-44-42-36-34-32-30-28-26-24-22-20-18-16-14-12-10-8-6-4-2/h21,23,62,64,70,72,77-80,82-89,91-93,95-99H,3-20,22,24-61,63,65-69,71,73-76H2,1-2H3,(H,90,94)/b23-21-,64-62+,72-70+. The third-order valence-corrected chi connectivity index (χ3v) is 22.0. The summed E-state index contributed by atoms with van der Waals surface area (Å²) in [6, 6.07) is -0.932. The Labute approximate surface area is 633 Å². The van der Waals surface area contributed by atoms with Crippen molar-refractivity contribution in [1.82, 2.24) is 5.32 Å². The third kappa shape index (κ3) is 55.3. The zero-order chi connectivity index (χ0) is 74.4. The fourth-order valence-corrected chi connectivity index (χ4v) is 15.0. The molecule has 1 amide bonds. The zero-order valence-electron chi connectivity index (χ0n) is 67.1. The lowest BCUT2D eigenvalue weighted by Crippen LogP contribution is -2.65. The van der Waals surface area contributed by atoms with E-state index in [0.29, 0.717) is 12.8 Å². The molecule has 14 nitrogen and oxygen atoms in total. The molecule has 103 heavy (non-hydrogen) atoms. The van der Waals surface area contributed by atoms with Gasteiger partial charge in [-0.1, -0.05) is 403 Å². The van der Waals surface area contributed by atoms with Gasteiger partial charge >= 0.3 is 0 Å². The topological polar surface area (TPSA) is 228 Å². The van der Waals surface area contributed by atoms with Crippen LogP contribution in [0, 0.1) is 0 Å². The SMILES string of the molecule is CCCCCCCCCC/C=C\CCCCCCCCCCCCCCCCCCCCCCCCCCCC(=O)NC(COC1OC(CO)C(OC2OC(CO)C(O)C(O)C2O)C(O)C1O)C(O)/C=C/CC/C=C/CCCCCCCCCCCCCCCCCCCCCCCCCCCC. The fourth-order valence-electron chi connectivity index (χ4n) is 15.0. The maximum absolute atomic E-state index is 13.4. The first-order valence-electron chi connectivity index (χ1n) is 44.7. The van der Waals surface area contributed by atoms with E-state index in [1.165, 1.54) is 366 Å². The van der Waals surface area contributed by atoms with Crippen LogP contribution in [0.25, 0.3) is 0 Å². The van der Waals surface area contributed by atoms with Crippen LogP contribution in [0.3, 0.4) is 0 Å². The first-order valence-corrected chi connectivity index (χ1v) is 44.7. The molecule has 2 rings (SSSR count). The largest absolute Gasteiger partial charge is 0.394 e. The summed E-state index contributed by atoms with van der Waals surface area (Å²) in [7, 11) is 0. The van der Waals surface area contributed by atoms with E-state index >= 15 is 0 Å². The van der Waals surface area contributed by atoms with E-state index < -0.39 is 86.8 Å². The molecule has 14 heteroatoms. The van der Waals surface area contributed by atoms with Crippen LogP contribution < -0.4 is 5.32 Å². The molecule has 0 aromatic carbocycles. The van der Waals surface area contributed by atoms with Gasteiger partial charge in [0.15, 0.2) is 12.6 Å². The van der Waals surface area contributed by atoms with E-state index in [-0.39, 0.29) is 18.9 Å². The second-order valence-electron chi connectivity index (χ2n) is 31.7. The molecule has 2 aliphatic rings. The van der Waals surface area contributed by atoms with E-state index in [9.17, 15) is 45.6 Å². The van der Waals surface area contributed by atoms with Crippen molar-refractivity contribution in [3.8, 4) is 0 Å². The molecule has 9 N–H and O–H groups in total. The normalized spacial score (nSPS) is 21.7. The smallest absolute Gasteiger partial charge is 0.220 e. The Morgan fingerprint density at radius 2 is 0.621 bits per heavy atom. The summed E-state index contributed by atoms with van der Waals surface area (Å²) in [5.74, 6) is -0.239. The highest BCUT2D eigenvalue weighted by Crippen LogP contribution is 2.31. The van der Waals surface area contributed by atoms with Gasteiger partial charge in [-0.15, -0.1) is 0 Å². The average molecular weight is 1460 g/mol. The molecule has 0 aliphatic carbocycles. The van der Waals surface area contributed by atoms with Crippen LogP contribution in [0.5, 0.6) is 0 Å². The van der Waals surface area contributed by atoms with Gasteiger partial charge in [-0.25, -0.2) is 0 Å². The summed E-state index contributed by atoms with van der Waals surface area (Å²) < 4.78 is 22.9. The third-order valence-electron chi connectivity index (χ3n) is 22.0. The molecule has 0 bridgehead atoms. The molecule has 0 radical (unpaired) electrons. The maximum Gasteiger partial charge on any atom is 0.220 e. The number of ether oxygens (including phenoxy) is 4. The first-order chi connectivity index (χ1) is 50.6. The minimum absolute atomic E-state index is 0.239. The fraction of sp³-hybridized carbons (Fsp3) is 0.921. The van der Waals surface area contributed by atoms with Crippen molar-refractivity contribution in [2.75, 3.05) is 19.8 Å². The number of unbranched alkanes of at least 4 members (excludes halogenated alkanes) is 60. The van der Waals surface area contributed by atoms with Gasteiger partial charge in [-0.2, -0.15) is 0 Å². The molecule has 2 aliphatic heterocycles. The second-order valence-corrected chi connectivity index (χ2v) is 31.7. The number of amides is 1. The van der Waals surface area contributed by atoms with Gasteiger partial charge < -0.3 is 65.1 Å². The average Bonchev–Trinajstić information content (AvgIpc) is 0.791. The highest BCUT2D eigenvalue weighted by molar-refractivity contribution is 5.76. The monoisotopic (exact) mass is 1460 g/mol. The molecular weight excluding hydrogens is 1290 g/mol. The molecule has 0 aromatic heterocycles. The Bertz CT molecular complexity index is 1870. The van der Waals surface area contributed by atoms with Crippen LogP contribution >= 0.6 is 0 Å². The number of carbonyl (C=O) groups is 1. The number of allylic oxidation sites excluding steroid dienone is 5. The predicted molar refractivity (Wildman–Crippen MR) is 429 cm³/mol. The molecule has 2 saturated heterocycles. The van der Waals surface area contributed by atoms with Gasteiger partial charge in [-0.05, 0) is 57.8 Å². The van der Waals surface area contributed by atoms with Crippen molar-refractivity contribution < 1.29 is 64.6 Å². The Morgan fingerprint density at radius 1 is 0.340 bits per heavy atom. The molecule has 12 unspecified atom stereocenters. The Morgan fingerprint density at radius 3 is 0.951 bits per heavy atom. The van der Waals surface area contributed by atoms with E-state index in [1.807, 2.05) is 6.08 Å². The molecular formula is C89H169NO13. The van der Waals surface area contributed by atoms with Gasteiger partial charge in [0.1, 0.15) is 48.8 Å². The molecule has 0 spiro atoms. The number of rotatable bonds is 77. The van der Waals surface area contributed by atoms with Crippen LogP contribution in [-0.4, -0.2) is 140 Å². The minimum atomic E-state index is -1.79. The number of hydrogen-bond acceptors (Lipinski definition) is 13. The van der Waals surface area contributed by atoms with Crippen molar-refractivity contribution in [2.45, 2.75) is 505 Å². The summed E-state index contributed by atoms with van der Waals surface area (Å²) >= 11 is 0. The lowest BCUT2D eigenvalue weighted by atomic mass is 9.97. The quantitative estimate of drug-likeness (QED) is 0.0204. The summed E-state index contributed by atoms with van der Waals surface area (Å²) in [5.41, 5.74) is 0. The van der Waals surface area contributed by atoms with Crippen LogP contribution in [0.15, 0.2) is 36.5 Å². The molecule has 608 valence electrons. The highest BCUT2D eigenvalue weighted by atomic mass is 16.7.